The smallest absolute Gasteiger partial charge is 0.422 e. The highest BCUT2D eigenvalue weighted by Crippen LogP contribution is 2.33. The van der Waals surface area contributed by atoms with Gasteiger partial charge in [-0.25, -0.2) is 4.79 Å². The fraction of sp³-hybridized carbons (Fsp3) is 0.320. The minimum atomic E-state index is -4.81. The summed E-state index contributed by atoms with van der Waals surface area (Å²) in [6.45, 7) is 8.02. The summed E-state index contributed by atoms with van der Waals surface area (Å²) in [5, 5.41) is 4.48. The molecule has 0 saturated carbocycles. The van der Waals surface area contributed by atoms with Crippen LogP contribution in [0, 0.1) is 0 Å². The van der Waals surface area contributed by atoms with Gasteiger partial charge in [-0.2, -0.15) is 13.2 Å². The SMILES string of the molecule is C=C(C(=O)OC(C)(C)CCOC(C)c1cc2ccccc2c2ccccc12)C(F)(F)F. The van der Waals surface area contributed by atoms with Gasteiger partial charge in [0, 0.05) is 6.42 Å². The summed E-state index contributed by atoms with van der Waals surface area (Å²) in [5.74, 6) is -1.47. The van der Waals surface area contributed by atoms with Crippen LogP contribution < -0.4 is 0 Å². The number of fused-ring (bicyclic) bond motifs is 3. The third kappa shape index (κ3) is 5.25. The van der Waals surface area contributed by atoms with Crippen molar-refractivity contribution >= 4 is 27.5 Å². The number of benzene rings is 3. The Morgan fingerprint density at radius 3 is 2.23 bits per heavy atom. The van der Waals surface area contributed by atoms with Crippen molar-refractivity contribution in [2.75, 3.05) is 6.61 Å². The first-order valence-electron chi connectivity index (χ1n) is 10.0. The molecule has 0 bridgehead atoms. The van der Waals surface area contributed by atoms with Crippen LogP contribution in [0.5, 0.6) is 0 Å². The van der Waals surface area contributed by atoms with E-state index in [2.05, 4.69) is 24.8 Å². The van der Waals surface area contributed by atoms with Crippen LogP contribution in [0.4, 0.5) is 13.2 Å². The minimum Gasteiger partial charge on any atom is -0.456 e. The Labute approximate surface area is 179 Å². The number of rotatable bonds is 7. The zero-order chi connectivity index (χ0) is 22.8. The van der Waals surface area contributed by atoms with Crippen molar-refractivity contribution < 1.29 is 27.4 Å². The first-order chi connectivity index (χ1) is 14.5. The summed E-state index contributed by atoms with van der Waals surface area (Å²) in [7, 11) is 0. The van der Waals surface area contributed by atoms with Crippen molar-refractivity contribution in [2.45, 2.75) is 45.1 Å². The van der Waals surface area contributed by atoms with Crippen LogP contribution in [0.3, 0.4) is 0 Å². The zero-order valence-corrected chi connectivity index (χ0v) is 17.8. The summed E-state index contributed by atoms with van der Waals surface area (Å²) >= 11 is 0. The highest BCUT2D eigenvalue weighted by molar-refractivity contribution is 6.09. The van der Waals surface area contributed by atoms with Gasteiger partial charge in [0.25, 0.3) is 0 Å². The highest BCUT2D eigenvalue weighted by Gasteiger charge is 2.39. The molecule has 0 amide bonds. The van der Waals surface area contributed by atoms with E-state index in [4.69, 9.17) is 9.47 Å². The molecule has 0 N–H and O–H groups in total. The molecule has 3 aromatic rings. The molecule has 0 aliphatic heterocycles. The van der Waals surface area contributed by atoms with Crippen molar-refractivity contribution in [3.05, 3.63) is 72.3 Å². The average Bonchev–Trinajstić information content (AvgIpc) is 2.71. The van der Waals surface area contributed by atoms with E-state index in [1.807, 2.05) is 43.3 Å². The van der Waals surface area contributed by atoms with Crippen LogP contribution >= 0.6 is 0 Å². The van der Waals surface area contributed by atoms with E-state index >= 15 is 0 Å². The van der Waals surface area contributed by atoms with E-state index in [-0.39, 0.29) is 19.1 Å². The molecular weight excluding hydrogens is 405 g/mol. The van der Waals surface area contributed by atoms with E-state index in [0.29, 0.717) is 0 Å². The summed E-state index contributed by atoms with van der Waals surface area (Å²) in [6, 6.07) is 18.3. The van der Waals surface area contributed by atoms with Crippen LogP contribution in [-0.4, -0.2) is 24.4 Å². The predicted molar refractivity (Wildman–Crippen MR) is 116 cm³/mol. The average molecular weight is 430 g/mol. The Morgan fingerprint density at radius 2 is 1.58 bits per heavy atom. The van der Waals surface area contributed by atoms with Gasteiger partial charge >= 0.3 is 12.1 Å². The van der Waals surface area contributed by atoms with Gasteiger partial charge in [0.15, 0.2) is 0 Å². The molecule has 0 saturated heterocycles. The number of ether oxygens (including phenoxy) is 2. The third-order valence-corrected chi connectivity index (χ3v) is 5.27. The summed E-state index contributed by atoms with van der Waals surface area (Å²) in [4.78, 5) is 11.7. The maximum Gasteiger partial charge on any atom is 0.422 e. The fourth-order valence-electron chi connectivity index (χ4n) is 3.47. The lowest BCUT2D eigenvalue weighted by molar-refractivity contribution is -0.163. The molecule has 0 aromatic heterocycles. The van der Waals surface area contributed by atoms with Gasteiger partial charge in [-0.3, -0.25) is 0 Å². The van der Waals surface area contributed by atoms with Crippen molar-refractivity contribution in [3.63, 3.8) is 0 Å². The highest BCUT2D eigenvalue weighted by atomic mass is 19.4. The lowest BCUT2D eigenvalue weighted by Crippen LogP contribution is -2.33. The topological polar surface area (TPSA) is 35.5 Å². The van der Waals surface area contributed by atoms with E-state index in [0.717, 1.165) is 27.1 Å². The molecule has 31 heavy (non-hydrogen) atoms. The van der Waals surface area contributed by atoms with Crippen LogP contribution in [0.25, 0.3) is 21.5 Å². The Balaban J connectivity index is 1.71. The number of carbonyl (C=O) groups excluding carboxylic acids is 1. The minimum absolute atomic E-state index is 0.209. The molecule has 6 heteroatoms. The Bertz CT molecular complexity index is 1120. The second kappa shape index (κ2) is 8.71. The molecule has 0 heterocycles. The van der Waals surface area contributed by atoms with Crippen molar-refractivity contribution in [2.24, 2.45) is 0 Å². The van der Waals surface area contributed by atoms with E-state index in [1.165, 1.54) is 0 Å². The first kappa shape index (κ1) is 22.8. The molecular formula is C25H25F3O3. The number of hydrogen-bond acceptors (Lipinski definition) is 3. The standard InChI is InChI=1S/C25H25F3O3/c1-16(25(26,27)28)23(29)31-24(3,4)13-14-30-17(2)22-15-18-9-5-6-10-19(18)20-11-7-8-12-21(20)22/h5-12,15,17H,1,13-14H2,2-4H3. The maximum absolute atomic E-state index is 12.6. The molecule has 1 atom stereocenters. The summed E-state index contributed by atoms with van der Waals surface area (Å²) < 4.78 is 48.9. The summed E-state index contributed by atoms with van der Waals surface area (Å²) in [5.41, 5.74) is -1.62. The Hall–Kier alpha value is -2.86. The molecule has 0 radical (unpaired) electrons. The molecule has 0 aliphatic rings. The van der Waals surface area contributed by atoms with Crippen LogP contribution in [-0.2, 0) is 14.3 Å². The lowest BCUT2D eigenvalue weighted by atomic mass is 9.95. The largest absolute Gasteiger partial charge is 0.456 e. The molecule has 3 rings (SSSR count). The lowest BCUT2D eigenvalue weighted by Gasteiger charge is -2.27. The molecule has 3 aromatic carbocycles. The van der Waals surface area contributed by atoms with Crippen LogP contribution in [0.1, 0.15) is 38.9 Å². The number of esters is 1. The normalized spacial score (nSPS) is 13.4. The van der Waals surface area contributed by atoms with Crippen LogP contribution in [0.2, 0.25) is 0 Å². The number of halogens is 3. The van der Waals surface area contributed by atoms with E-state index in [1.54, 1.807) is 13.8 Å². The van der Waals surface area contributed by atoms with Gasteiger partial charge in [0.2, 0.25) is 0 Å². The Kier molecular flexibility index (Phi) is 6.41. The number of carbonyl (C=O) groups is 1. The van der Waals surface area contributed by atoms with E-state index < -0.39 is 23.3 Å². The van der Waals surface area contributed by atoms with Gasteiger partial charge in [-0.1, -0.05) is 55.1 Å². The maximum atomic E-state index is 12.6. The van der Waals surface area contributed by atoms with Crippen molar-refractivity contribution in [3.8, 4) is 0 Å². The molecule has 0 aliphatic carbocycles. The molecule has 0 spiro atoms. The van der Waals surface area contributed by atoms with Crippen LogP contribution in [0.15, 0.2) is 66.7 Å². The van der Waals surface area contributed by atoms with Gasteiger partial charge in [-0.15, -0.1) is 0 Å². The zero-order valence-electron chi connectivity index (χ0n) is 17.8. The second-order valence-electron chi connectivity index (χ2n) is 8.12. The Morgan fingerprint density at radius 1 is 1.00 bits per heavy atom. The van der Waals surface area contributed by atoms with Gasteiger partial charge in [0.1, 0.15) is 11.2 Å². The quantitative estimate of drug-likeness (QED) is 0.232. The molecule has 0 fully saturated rings. The second-order valence-corrected chi connectivity index (χ2v) is 8.12. The predicted octanol–water partition coefficient (Wildman–Crippen LogP) is 6.90. The van der Waals surface area contributed by atoms with E-state index in [9.17, 15) is 18.0 Å². The monoisotopic (exact) mass is 430 g/mol. The number of alkyl halides is 3. The molecule has 1 unspecified atom stereocenters. The molecule has 3 nitrogen and oxygen atoms in total. The number of hydrogen-bond donors (Lipinski definition) is 0. The van der Waals surface area contributed by atoms with Crippen molar-refractivity contribution in [1.29, 1.82) is 0 Å². The van der Waals surface area contributed by atoms with Crippen molar-refractivity contribution in [1.82, 2.24) is 0 Å². The fourth-order valence-corrected chi connectivity index (χ4v) is 3.47. The van der Waals surface area contributed by atoms with Gasteiger partial charge < -0.3 is 9.47 Å². The first-order valence-corrected chi connectivity index (χ1v) is 10.0. The van der Waals surface area contributed by atoms with Gasteiger partial charge in [-0.05, 0) is 53.9 Å². The third-order valence-electron chi connectivity index (χ3n) is 5.27. The molecule has 164 valence electrons. The summed E-state index contributed by atoms with van der Waals surface area (Å²) in [6.07, 6.45) is -4.83. The van der Waals surface area contributed by atoms with Gasteiger partial charge in [0.05, 0.1) is 12.7 Å².